The molecule has 110 valence electrons. The van der Waals surface area contributed by atoms with Gasteiger partial charge in [-0.3, -0.25) is 0 Å². The third-order valence-electron chi connectivity index (χ3n) is 4.69. The second-order valence-electron chi connectivity index (χ2n) is 6.06. The maximum Gasteiger partial charge on any atom is 0.0462 e. The first kappa shape index (κ1) is 15.3. The van der Waals surface area contributed by atoms with Crippen LogP contribution in [0, 0.1) is 11.8 Å². The van der Waals surface area contributed by atoms with Crippen molar-refractivity contribution in [3.8, 4) is 0 Å². The Hall–Kier alpha value is -1.12. The lowest BCUT2D eigenvalue weighted by Gasteiger charge is -2.25. The summed E-state index contributed by atoms with van der Waals surface area (Å²) in [7, 11) is 0. The van der Waals surface area contributed by atoms with Gasteiger partial charge in [-0.1, -0.05) is 25.3 Å². The molecule has 0 amide bonds. The molecule has 20 heavy (non-hydrogen) atoms. The summed E-state index contributed by atoms with van der Waals surface area (Å²) in [6, 6.07) is 0. The van der Waals surface area contributed by atoms with E-state index in [9.17, 15) is 10.2 Å². The predicted octanol–water partition coefficient (Wildman–Crippen LogP) is 3.54. The highest BCUT2D eigenvalue weighted by Crippen LogP contribution is 2.35. The van der Waals surface area contributed by atoms with E-state index in [-0.39, 0.29) is 13.2 Å². The summed E-state index contributed by atoms with van der Waals surface area (Å²) in [4.78, 5) is 0. The lowest BCUT2D eigenvalue weighted by Crippen LogP contribution is -2.13. The van der Waals surface area contributed by atoms with Gasteiger partial charge in [-0.05, 0) is 72.7 Å². The zero-order chi connectivity index (χ0) is 14.5. The van der Waals surface area contributed by atoms with E-state index in [1.165, 1.54) is 11.1 Å². The Morgan fingerprint density at radius 2 is 1.30 bits per heavy atom. The molecule has 0 aliphatic heterocycles. The van der Waals surface area contributed by atoms with Gasteiger partial charge in [-0.2, -0.15) is 0 Å². The highest BCUT2D eigenvalue weighted by Gasteiger charge is 2.20. The van der Waals surface area contributed by atoms with E-state index >= 15 is 0 Å². The van der Waals surface area contributed by atoms with Crippen LogP contribution in [-0.4, -0.2) is 23.4 Å². The van der Waals surface area contributed by atoms with Gasteiger partial charge in [-0.15, -0.1) is 0 Å². The zero-order valence-electron chi connectivity index (χ0n) is 12.3. The number of aliphatic hydroxyl groups is 2. The van der Waals surface area contributed by atoms with Gasteiger partial charge in [0.15, 0.2) is 0 Å². The van der Waals surface area contributed by atoms with E-state index in [1.807, 2.05) is 0 Å². The van der Waals surface area contributed by atoms with Gasteiger partial charge in [0.1, 0.15) is 0 Å². The summed E-state index contributed by atoms with van der Waals surface area (Å²) in [5, 5.41) is 18.4. The van der Waals surface area contributed by atoms with Gasteiger partial charge in [0.25, 0.3) is 0 Å². The quantitative estimate of drug-likeness (QED) is 0.753. The third-order valence-corrected chi connectivity index (χ3v) is 4.69. The monoisotopic (exact) mass is 274 g/mol. The molecule has 0 saturated heterocycles. The summed E-state index contributed by atoms with van der Waals surface area (Å²) in [6.07, 6.45) is 10.4. The van der Waals surface area contributed by atoms with Crippen molar-refractivity contribution in [1.29, 1.82) is 0 Å². The van der Waals surface area contributed by atoms with Crippen LogP contribution >= 0.6 is 0 Å². The Bertz CT molecular complexity index is 400. The van der Waals surface area contributed by atoms with Crippen LogP contribution in [0.5, 0.6) is 0 Å². The number of aliphatic hydroxyl groups excluding tert-OH is 2. The molecule has 2 N–H and O–H groups in total. The van der Waals surface area contributed by atoms with Gasteiger partial charge in [-0.25, -0.2) is 0 Å². The molecule has 0 bridgehead atoms. The predicted molar refractivity (Wildman–Crippen MR) is 83.3 cm³/mol. The van der Waals surface area contributed by atoms with Gasteiger partial charge in [0.2, 0.25) is 0 Å². The van der Waals surface area contributed by atoms with Crippen molar-refractivity contribution in [3.05, 3.63) is 47.6 Å². The lowest BCUT2D eigenvalue weighted by atomic mass is 9.80. The molecule has 2 atom stereocenters. The van der Waals surface area contributed by atoms with Crippen molar-refractivity contribution >= 4 is 0 Å². The van der Waals surface area contributed by atoms with Gasteiger partial charge in [0.05, 0.1) is 0 Å². The molecule has 2 aliphatic rings. The van der Waals surface area contributed by atoms with Crippen molar-refractivity contribution in [1.82, 2.24) is 0 Å². The Morgan fingerprint density at radius 1 is 0.900 bits per heavy atom. The smallest absolute Gasteiger partial charge is 0.0462 e. The van der Waals surface area contributed by atoms with Crippen molar-refractivity contribution in [3.63, 3.8) is 0 Å². The van der Waals surface area contributed by atoms with Crippen LogP contribution in [0.2, 0.25) is 0 Å². The Balaban J connectivity index is 1.98. The molecule has 2 unspecified atom stereocenters. The molecule has 0 fully saturated rings. The summed E-state index contributed by atoms with van der Waals surface area (Å²) in [5.41, 5.74) is 4.72. The van der Waals surface area contributed by atoms with E-state index in [1.54, 1.807) is 0 Å². The highest BCUT2D eigenvalue weighted by atomic mass is 16.3. The Kier molecular flexibility index (Phi) is 5.38. The standard InChI is InChI=1S/C18H26O2/c1-13(17-7-3-15(11-19)4-8-17)14(2)18-9-5-16(12-20)6-10-18/h7,9,15-16,19-20H,1-6,8,10-12H2. The van der Waals surface area contributed by atoms with E-state index in [0.29, 0.717) is 11.8 Å². The van der Waals surface area contributed by atoms with Crippen LogP contribution in [0.3, 0.4) is 0 Å². The third kappa shape index (κ3) is 3.50. The fraction of sp³-hybridized carbons (Fsp3) is 0.556. The molecule has 0 aromatic rings. The van der Waals surface area contributed by atoms with Crippen LogP contribution in [0.15, 0.2) is 47.6 Å². The molecule has 0 aromatic heterocycles. The zero-order valence-corrected chi connectivity index (χ0v) is 12.3. The van der Waals surface area contributed by atoms with E-state index < -0.39 is 0 Å². The molecule has 0 spiro atoms. The molecule has 0 radical (unpaired) electrons. The van der Waals surface area contributed by atoms with Gasteiger partial charge < -0.3 is 10.2 Å². The highest BCUT2D eigenvalue weighted by molar-refractivity contribution is 5.53. The maximum absolute atomic E-state index is 9.18. The number of rotatable bonds is 5. The van der Waals surface area contributed by atoms with E-state index in [0.717, 1.165) is 49.7 Å². The molecule has 0 aromatic carbocycles. The fourth-order valence-electron chi connectivity index (χ4n) is 3.04. The molecular formula is C18H26O2. The topological polar surface area (TPSA) is 40.5 Å². The molecule has 0 heterocycles. The minimum absolute atomic E-state index is 0.283. The van der Waals surface area contributed by atoms with Crippen LogP contribution in [0.25, 0.3) is 0 Å². The summed E-state index contributed by atoms with van der Waals surface area (Å²) >= 11 is 0. The van der Waals surface area contributed by atoms with Crippen molar-refractivity contribution < 1.29 is 10.2 Å². The molecule has 2 rings (SSSR count). The average molecular weight is 274 g/mol. The van der Waals surface area contributed by atoms with Crippen LogP contribution in [0.1, 0.15) is 38.5 Å². The first-order chi connectivity index (χ1) is 9.65. The normalized spacial score (nSPS) is 26.7. The van der Waals surface area contributed by atoms with Crippen molar-refractivity contribution in [2.75, 3.05) is 13.2 Å². The minimum Gasteiger partial charge on any atom is -0.396 e. The van der Waals surface area contributed by atoms with Crippen molar-refractivity contribution in [2.24, 2.45) is 11.8 Å². The first-order valence-corrected chi connectivity index (χ1v) is 7.64. The average Bonchev–Trinajstić information content (AvgIpc) is 2.53. The van der Waals surface area contributed by atoms with Crippen LogP contribution < -0.4 is 0 Å². The summed E-state index contributed by atoms with van der Waals surface area (Å²) in [6.45, 7) is 9.01. The summed E-state index contributed by atoms with van der Waals surface area (Å²) < 4.78 is 0. The Morgan fingerprint density at radius 3 is 1.55 bits per heavy atom. The molecule has 2 aliphatic carbocycles. The first-order valence-electron chi connectivity index (χ1n) is 7.64. The SMILES string of the molecule is C=C(C(=C)C1=CCC(CO)CC1)C1=CCC(CO)CC1. The summed E-state index contributed by atoms with van der Waals surface area (Å²) in [5.74, 6) is 0.832. The lowest BCUT2D eigenvalue weighted by molar-refractivity contribution is 0.216. The molecule has 2 heteroatoms. The molecular weight excluding hydrogens is 248 g/mol. The van der Waals surface area contributed by atoms with Crippen molar-refractivity contribution in [2.45, 2.75) is 38.5 Å². The largest absolute Gasteiger partial charge is 0.396 e. The second kappa shape index (κ2) is 7.05. The number of hydrogen-bond acceptors (Lipinski definition) is 2. The maximum atomic E-state index is 9.18. The van der Waals surface area contributed by atoms with Crippen LogP contribution in [0.4, 0.5) is 0 Å². The molecule has 0 saturated carbocycles. The second-order valence-corrected chi connectivity index (χ2v) is 6.06. The fourth-order valence-corrected chi connectivity index (χ4v) is 3.04. The number of allylic oxidation sites excluding steroid dienone is 6. The van der Waals surface area contributed by atoms with E-state index in [4.69, 9.17) is 0 Å². The van der Waals surface area contributed by atoms with Gasteiger partial charge >= 0.3 is 0 Å². The van der Waals surface area contributed by atoms with E-state index in [2.05, 4.69) is 25.3 Å². The molecule has 2 nitrogen and oxygen atoms in total. The minimum atomic E-state index is 0.283. The Labute approximate surface area is 122 Å². The van der Waals surface area contributed by atoms with Crippen LogP contribution in [-0.2, 0) is 0 Å². The number of hydrogen-bond donors (Lipinski definition) is 2. The van der Waals surface area contributed by atoms with Gasteiger partial charge in [0, 0.05) is 13.2 Å².